The molecule has 1 heterocycles. The highest BCUT2D eigenvalue weighted by molar-refractivity contribution is 7.99. The molecule has 1 N–H and O–H groups in total. The molecule has 3 rings (SSSR count). The number of benzene rings is 2. The number of piperidine rings is 1. The molecule has 2 aromatic carbocycles. The number of sulfonamides is 1. The predicted octanol–water partition coefficient (Wildman–Crippen LogP) is 4.48. The fourth-order valence-corrected chi connectivity index (χ4v) is 6.70. The van der Waals surface area contributed by atoms with Crippen LogP contribution < -0.4 is 0 Å². The number of carboxylic acids is 1. The summed E-state index contributed by atoms with van der Waals surface area (Å²) in [6.07, 6.45) is 1.12. The second-order valence-electron chi connectivity index (χ2n) is 7.51. The largest absolute Gasteiger partial charge is 0.481 e. The third-order valence-corrected chi connectivity index (χ3v) is 8.86. The summed E-state index contributed by atoms with van der Waals surface area (Å²) < 4.78 is 42.8. The van der Waals surface area contributed by atoms with Crippen molar-refractivity contribution in [3.63, 3.8) is 0 Å². The van der Waals surface area contributed by atoms with Crippen LogP contribution in [0.25, 0.3) is 0 Å². The molecule has 0 saturated carbocycles. The van der Waals surface area contributed by atoms with Crippen LogP contribution in [0.15, 0.2) is 53.4 Å². The van der Waals surface area contributed by atoms with Gasteiger partial charge in [0.05, 0.1) is 16.9 Å². The highest BCUT2D eigenvalue weighted by Crippen LogP contribution is 2.42. The first kappa shape index (κ1) is 22.8. The van der Waals surface area contributed by atoms with Crippen LogP contribution in [0.1, 0.15) is 36.9 Å². The number of hydrogen-bond acceptors (Lipinski definition) is 4. The summed E-state index contributed by atoms with van der Waals surface area (Å²) in [5, 5.41) is 9.51. The molecular formula is C22H26FNO4S2. The second-order valence-corrected chi connectivity index (χ2v) is 10.8. The van der Waals surface area contributed by atoms with Crippen molar-refractivity contribution in [2.75, 3.05) is 12.3 Å². The second kappa shape index (κ2) is 9.49. The summed E-state index contributed by atoms with van der Waals surface area (Å²) in [6.45, 7) is 3.68. The Bertz CT molecular complexity index is 994. The molecule has 162 valence electrons. The van der Waals surface area contributed by atoms with Gasteiger partial charge in [0, 0.05) is 17.4 Å². The van der Waals surface area contributed by atoms with Crippen LogP contribution in [-0.4, -0.2) is 41.3 Å². The van der Waals surface area contributed by atoms with Crippen molar-refractivity contribution in [1.29, 1.82) is 0 Å². The van der Waals surface area contributed by atoms with E-state index in [1.54, 1.807) is 30.3 Å². The Hall–Kier alpha value is -1.90. The van der Waals surface area contributed by atoms with E-state index in [9.17, 15) is 22.7 Å². The third-order valence-electron chi connectivity index (χ3n) is 5.37. The average Bonchev–Trinajstić information content (AvgIpc) is 2.72. The van der Waals surface area contributed by atoms with Gasteiger partial charge in [-0.15, -0.1) is 0 Å². The van der Waals surface area contributed by atoms with Crippen LogP contribution in [0.3, 0.4) is 0 Å². The summed E-state index contributed by atoms with van der Waals surface area (Å²) in [5.74, 6) is -1.60. The van der Waals surface area contributed by atoms with E-state index in [0.717, 1.165) is 17.7 Å². The number of aliphatic carboxylic acids is 1. The van der Waals surface area contributed by atoms with Crippen molar-refractivity contribution < 1.29 is 22.7 Å². The highest BCUT2D eigenvalue weighted by atomic mass is 32.2. The topological polar surface area (TPSA) is 74.7 Å². The van der Waals surface area contributed by atoms with Crippen molar-refractivity contribution in [2.45, 2.75) is 42.9 Å². The molecular weight excluding hydrogens is 425 g/mol. The van der Waals surface area contributed by atoms with Crippen LogP contribution in [-0.2, 0) is 14.8 Å². The first-order valence-electron chi connectivity index (χ1n) is 9.93. The van der Waals surface area contributed by atoms with Crippen LogP contribution in [0.2, 0.25) is 0 Å². The number of halogens is 1. The molecule has 30 heavy (non-hydrogen) atoms. The van der Waals surface area contributed by atoms with Crippen LogP contribution >= 0.6 is 11.8 Å². The fourth-order valence-electron chi connectivity index (χ4n) is 3.77. The molecule has 0 bridgehead atoms. The Morgan fingerprint density at radius 2 is 1.87 bits per heavy atom. The molecule has 0 unspecified atom stereocenters. The minimum atomic E-state index is -4.01. The maximum atomic E-state index is 14.7. The normalized spacial score (nSPS) is 22.7. The number of rotatable bonds is 7. The molecule has 0 aromatic heterocycles. The molecule has 0 amide bonds. The third kappa shape index (κ3) is 4.71. The van der Waals surface area contributed by atoms with Crippen LogP contribution in [0.5, 0.6) is 0 Å². The molecule has 8 heteroatoms. The van der Waals surface area contributed by atoms with Gasteiger partial charge in [-0.3, -0.25) is 4.79 Å². The van der Waals surface area contributed by atoms with Gasteiger partial charge in [0.25, 0.3) is 0 Å². The van der Waals surface area contributed by atoms with Gasteiger partial charge in [-0.1, -0.05) is 42.8 Å². The van der Waals surface area contributed by atoms with Gasteiger partial charge in [0.15, 0.2) is 0 Å². The van der Waals surface area contributed by atoms with E-state index in [2.05, 4.69) is 0 Å². The lowest BCUT2D eigenvalue weighted by Gasteiger charge is -2.41. The number of aryl methyl sites for hydroxylation is 1. The lowest BCUT2D eigenvalue weighted by atomic mass is 9.90. The Labute approximate surface area is 181 Å². The molecule has 0 radical (unpaired) electrons. The Kier molecular flexibility index (Phi) is 7.21. The molecule has 0 aliphatic carbocycles. The van der Waals surface area contributed by atoms with Gasteiger partial charge >= 0.3 is 5.97 Å². The van der Waals surface area contributed by atoms with E-state index in [1.807, 2.05) is 13.8 Å². The van der Waals surface area contributed by atoms with Crippen molar-refractivity contribution in [3.8, 4) is 0 Å². The predicted molar refractivity (Wildman–Crippen MR) is 116 cm³/mol. The van der Waals surface area contributed by atoms with Crippen molar-refractivity contribution in [3.05, 3.63) is 65.5 Å². The minimum absolute atomic E-state index is 0.0817. The van der Waals surface area contributed by atoms with Crippen molar-refractivity contribution in [2.24, 2.45) is 5.92 Å². The molecule has 0 spiro atoms. The number of carboxylic acid groups (broad SMARTS) is 1. The monoisotopic (exact) mass is 451 g/mol. The van der Waals surface area contributed by atoms with E-state index in [1.165, 1.54) is 34.3 Å². The van der Waals surface area contributed by atoms with E-state index in [4.69, 9.17) is 0 Å². The Morgan fingerprint density at radius 1 is 1.20 bits per heavy atom. The van der Waals surface area contributed by atoms with Crippen LogP contribution in [0, 0.1) is 18.7 Å². The summed E-state index contributed by atoms with van der Waals surface area (Å²) in [7, 11) is -4.01. The lowest BCUT2D eigenvalue weighted by molar-refractivity contribution is -0.143. The Balaban J connectivity index is 2.07. The molecule has 3 atom stereocenters. The molecule has 1 aliphatic heterocycles. The van der Waals surface area contributed by atoms with Crippen molar-refractivity contribution in [1.82, 2.24) is 4.31 Å². The van der Waals surface area contributed by atoms with Gasteiger partial charge in [-0.05, 0) is 43.7 Å². The summed E-state index contributed by atoms with van der Waals surface area (Å²) in [4.78, 5) is 12.1. The van der Waals surface area contributed by atoms with E-state index in [0.29, 0.717) is 0 Å². The zero-order valence-electron chi connectivity index (χ0n) is 17.0. The van der Waals surface area contributed by atoms with Gasteiger partial charge in [-0.2, -0.15) is 16.1 Å². The zero-order valence-corrected chi connectivity index (χ0v) is 18.6. The van der Waals surface area contributed by atoms with Gasteiger partial charge in [0.2, 0.25) is 10.0 Å². The quantitative estimate of drug-likeness (QED) is 0.672. The van der Waals surface area contributed by atoms with Crippen molar-refractivity contribution >= 4 is 27.8 Å². The average molecular weight is 452 g/mol. The first-order chi connectivity index (χ1) is 14.3. The summed E-state index contributed by atoms with van der Waals surface area (Å²) in [6, 6.07) is 11.8. The fraction of sp³-hybridized carbons (Fsp3) is 0.409. The van der Waals surface area contributed by atoms with E-state index >= 15 is 0 Å². The van der Waals surface area contributed by atoms with Gasteiger partial charge in [0.1, 0.15) is 5.82 Å². The standard InChI is InChI=1S/C22H26FNO4S2/c1-3-12-29-21-13-20(17-6-4-5-7-19(17)23)24(14-18(21)22(25)26)30(27,28)16-10-8-15(2)9-11-16/h4-11,18,20-21H,3,12-14H2,1-2H3,(H,25,26)/t18-,20+,21-/m1/s1. The van der Waals surface area contributed by atoms with E-state index < -0.39 is 33.8 Å². The molecule has 1 aliphatic rings. The SMILES string of the molecule is CCCS[C@@H]1C[C@@H](c2ccccc2F)N(S(=O)(=O)c2ccc(C)cc2)C[C@H]1C(=O)O. The van der Waals surface area contributed by atoms with Gasteiger partial charge < -0.3 is 5.11 Å². The van der Waals surface area contributed by atoms with E-state index in [-0.39, 0.29) is 28.7 Å². The van der Waals surface area contributed by atoms with Crippen LogP contribution in [0.4, 0.5) is 4.39 Å². The maximum Gasteiger partial charge on any atom is 0.308 e. The minimum Gasteiger partial charge on any atom is -0.481 e. The Morgan fingerprint density at radius 3 is 2.47 bits per heavy atom. The number of nitrogens with zero attached hydrogens (tertiary/aromatic N) is 1. The number of hydrogen-bond donors (Lipinski definition) is 1. The highest BCUT2D eigenvalue weighted by Gasteiger charge is 2.45. The lowest BCUT2D eigenvalue weighted by Crippen LogP contribution is -2.49. The number of thioether (sulfide) groups is 1. The first-order valence-corrected chi connectivity index (χ1v) is 12.4. The summed E-state index contributed by atoms with van der Waals surface area (Å²) >= 11 is 1.52. The molecule has 5 nitrogen and oxygen atoms in total. The smallest absolute Gasteiger partial charge is 0.308 e. The summed E-state index contributed by atoms with van der Waals surface area (Å²) in [5.41, 5.74) is 1.19. The molecule has 2 aromatic rings. The zero-order chi connectivity index (χ0) is 21.9. The molecule has 1 fully saturated rings. The maximum absolute atomic E-state index is 14.7. The van der Waals surface area contributed by atoms with Gasteiger partial charge in [-0.25, -0.2) is 12.8 Å². The molecule has 1 saturated heterocycles. The number of carbonyl (C=O) groups is 1.